The molecule has 1 aromatic rings. The monoisotopic (exact) mass is 163 g/mol. The van der Waals surface area contributed by atoms with Crippen molar-refractivity contribution in [2.24, 2.45) is 0 Å². The molecule has 0 fully saturated rings. The SMILES string of the molecule is [2H]C([2H])(O)c1ncc(F)cc1Cl. The van der Waals surface area contributed by atoms with Crippen molar-refractivity contribution >= 4 is 11.6 Å². The van der Waals surface area contributed by atoms with Gasteiger partial charge in [-0.25, -0.2) is 4.39 Å². The molecule has 1 heterocycles. The highest BCUT2D eigenvalue weighted by Crippen LogP contribution is 2.13. The summed E-state index contributed by atoms with van der Waals surface area (Å²) in [7, 11) is 0. The Morgan fingerprint density at radius 2 is 2.60 bits per heavy atom. The van der Waals surface area contributed by atoms with E-state index in [0.29, 0.717) is 0 Å². The van der Waals surface area contributed by atoms with Crippen LogP contribution in [0.3, 0.4) is 0 Å². The first-order chi connectivity index (χ1) is 5.41. The topological polar surface area (TPSA) is 33.1 Å². The number of pyridine rings is 1. The van der Waals surface area contributed by atoms with Crippen LogP contribution in [-0.2, 0) is 6.56 Å². The van der Waals surface area contributed by atoms with Crippen LogP contribution in [0.15, 0.2) is 12.3 Å². The average Bonchev–Trinajstić information content (AvgIpc) is 1.83. The maximum Gasteiger partial charge on any atom is 0.142 e. The Morgan fingerprint density at radius 3 is 3.10 bits per heavy atom. The van der Waals surface area contributed by atoms with Crippen molar-refractivity contribution in [3.05, 3.63) is 28.8 Å². The number of aromatic nitrogens is 1. The minimum absolute atomic E-state index is 0.234. The van der Waals surface area contributed by atoms with Gasteiger partial charge in [0.15, 0.2) is 0 Å². The summed E-state index contributed by atoms with van der Waals surface area (Å²) in [6, 6.07) is 0.887. The van der Waals surface area contributed by atoms with Crippen LogP contribution >= 0.6 is 11.6 Å². The number of halogens is 2. The predicted octanol–water partition coefficient (Wildman–Crippen LogP) is 1.37. The highest BCUT2D eigenvalue weighted by atomic mass is 35.5. The van der Waals surface area contributed by atoms with Crippen LogP contribution in [0.5, 0.6) is 0 Å². The number of nitrogens with zero attached hydrogens (tertiary/aromatic N) is 1. The Bertz CT molecular complexity index is 302. The highest BCUT2D eigenvalue weighted by Gasteiger charge is 2.00. The highest BCUT2D eigenvalue weighted by molar-refractivity contribution is 6.31. The standard InChI is InChI=1S/C6H5ClFNO/c7-5-1-4(8)2-9-6(5)3-10/h1-2,10H,3H2/i3D2. The van der Waals surface area contributed by atoms with Gasteiger partial charge < -0.3 is 5.11 Å². The van der Waals surface area contributed by atoms with Crippen molar-refractivity contribution in [2.45, 2.75) is 6.56 Å². The molecule has 2 nitrogen and oxygen atoms in total. The molecule has 10 heavy (non-hydrogen) atoms. The van der Waals surface area contributed by atoms with E-state index in [4.69, 9.17) is 19.4 Å². The van der Waals surface area contributed by atoms with E-state index in [-0.39, 0.29) is 10.7 Å². The lowest BCUT2D eigenvalue weighted by Crippen LogP contribution is -1.90. The molecule has 0 bridgehead atoms. The second-order valence-corrected chi connectivity index (χ2v) is 2.00. The normalized spacial score (nSPS) is 14.3. The molecule has 0 aliphatic rings. The summed E-state index contributed by atoms with van der Waals surface area (Å²) < 4.78 is 26.1. The molecule has 0 atom stereocenters. The van der Waals surface area contributed by atoms with Gasteiger partial charge in [-0.15, -0.1) is 0 Å². The quantitative estimate of drug-likeness (QED) is 0.678. The van der Waals surface area contributed by atoms with E-state index >= 15 is 0 Å². The largest absolute Gasteiger partial charge is 0.390 e. The Balaban J connectivity index is 3.19. The molecule has 0 amide bonds. The van der Waals surface area contributed by atoms with Crippen LogP contribution in [-0.4, -0.2) is 10.1 Å². The van der Waals surface area contributed by atoms with Gasteiger partial charge in [0.1, 0.15) is 5.82 Å². The second kappa shape index (κ2) is 2.94. The summed E-state index contributed by atoms with van der Waals surface area (Å²) in [5, 5.41) is 8.59. The van der Waals surface area contributed by atoms with Gasteiger partial charge >= 0.3 is 0 Å². The molecule has 54 valence electrons. The smallest absolute Gasteiger partial charge is 0.142 e. The summed E-state index contributed by atoms with van der Waals surface area (Å²) >= 11 is 5.41. The molecule has 0 radical (unpaired) electrons. The summed E-state index contributed by atoms with van der Waals surface area (Å²) in [6.07, 6.45) is 0.787. The zero-order chi connectivity index (χ0) is 9.35. The van der Waals surface area contributed by atoms with E-state index in [2.05, 4.69) is 4.98 Å². The maximum absolute atomic E-state index is 12.4. The van der Waals surface area contributed by atoms with Crippen LogP contribution in [0.1, 0.15) is 8.44 Å². The first-order valence-corrected chi connectivity index (χ1v) is 2.83. The van der Waals surface area contributed by atoms with Gasteiger partial charge in [0.25, 0.3) is 0 Å². The van der Waals surface area contributed by atoms with Crippen LogP contribution in [0.2, 0.25) is 5.02 Å². The molecular weight excluding hydrogens is 157 g/mol. The van der Waals surface area contributed by atoms with Crippen LogP contribution in [0.25, 0.3) is 0 Å². The molecule has 0 saturated heterocycles. The summed E-state index contributed by atoms with van der Waals surface area (Å²) in [5.41, 5.74) is -0.384. The fourth-order valence-corrected chi connectivity index (χ4v) is 0.692. The number of hydrogen-bond acceptors (Lipinski definition) is 2. The van der Waals surface area contributed by atoms with Gasteiger partial charge in [-0.3, -0.25) is 4.98 Å². The third-order valence-corrected chi connectivity index (χ3v) is 1.20. The molecule has 0 unspecified atom stereocenters. The Hall–Kier alpha value is -0.670. The molecule has 0 aliphatic heterocycles. The lowest BCUT2D eigenvalue weighted by Gasteiger charge is -1.96. The van der Waals surface area contributed by atoms with Gasteiger partial charge in [-0.1, -0.05) is 11.6 Å². The molecular formula is C6H5ClFNO. The maximum atomic E-state index is 12.4. The van der Waals surface area contributed by atoms with Crippen molar-refractivity contribution < 1.29 is 12.2 Å². The van der Waals surface area contributed by atoms with Crippen molar-refractivity contribution in [1.82, 2.24) is 4.98 Å². The third-order valence-electron chi connectivity index (χ3n) is 0.914. The zero-order valence-electron chi connectivity index (χ0n) is 6.81. The van der Waals surface area contributed by atoms with Gasteiger partial charge in [-0.05, 0) is 6.07 Å². The van der Waals surface area contributed by atoms with Crippen molar-refractivity contribution in [1.29, 1.82) is 0 Å². The van der Waals surface area contributed by atoms with E-state index in [0.717, 1.165) is 12.3 Å². The molecule has 1 rings (SSSR count). The van der Waals surface area contributed by atoms with Crippen LogP contribution in [0, 0.1) is 5.82 Å². The van der Waals surface area contributed by atoms with Gasteiger partial charge in [0.05, 0.1) is 26.2 Å². The number of aliphatic hydroxyl groups is 1. The lowest BCUT2D eigenvalue weighted by molar-refractivity contribution is 0.276. The molecule has 0 saturated carbocycles. The summed E-state index contributed by atoms with van der Waals surface area (Å²) in [4.78, 5) is 3.32. The Kier molecular flexibility index (Phi) is 1.48. The summed E-state index contributed by atoms with van der Waals surface area (Å²) in [6.45, 7) is -2.63. The van der Waals surface area contributed by atoms with Crippen molar-refractivity contribution in [3.63, 3.8) is 0 Å². The molecule has 0 aromatic carbocycles. The van der Waals surface area contributed by atoms with E-state index in [9.17, 15) is 4.39 Å². The molecule has 0 spiro atoms. The van der Waals surface area contributed by atoms with Crippen molar-refractivity contribution in [2.75, 3.05) is 0 Å². The van der Waals surface area contributed by atoms with E-state index in [1.165, 1.54) is 0 Å². The predicted molar refractivity (Wildman–Crippen MR) is 35.1 cm³/mol. The van der Waals surface area contributed by atoms with Gasteiger partial charge in [0.2, 0.25) is 0 Å². The van der Waals surface area contributed by atoms with Crippen LogP contribution < -0.4 is 0 Å². The second-order valence-electron chi connectivity index (χ2n) is 1.60. The van der Waals surface area contributed by atoms with E-state index in [1.807, 2.05) is 0 Å². The fourth-order valence-electron chi connectivity index (χ4n) is 0.497. The van der Waals surface area contributed by atoms with E-state index < -0.39 is 12.4 Å². The average molecular weight is 164 g/mol. The summed E-state index contributed by atoms with van der Waals surface area (Å²) in [5.74, 6) is -0.673. The Labute approximate surface area is 65.1 Å². The third kappa shape index (κ3) is 1.43. The molecule has 0 aliphatic carbocycles. The fraction of sp³-hybridized carbons (Fsp3) is 0.167. The zero-order valence-corrected chi connectivity index (χ0v) is 5.56. The van der Waals surface area contributed by atoms with Crippen LogP contribution in [0.4, 0.5) is 4.39 Å². The van der Waals surface area contributed by atoms with Gasteiger partial charge in [0, 0.05) is 0 Å². The number of rotatable bonds is 1. The lowest BCUT2D eigenvalue weighted by atomic mass is 10.3. The van der Waals surface area contributed by atoms with Gasteiger partial charge in [-0.2, -0.15) is 0 Å². The van der Waals surface area contributed by atoms with Crippen molar-refractivity contribution in [3.8, 4) is 0 Å². The number of hydrogen-bond donors (Lipinski definition) is 1. The molecule has 1 N–H and O–H groups in total. The Morgan fingerprint density at radius 1 is 1.90 bits per heavy atom. The molecule has 1 aromatic heterocycles. The molecule has 4 heteroatoms. The minimum Gasteiger partial charge on any atom is -0.390 e. The van der Waals surface area contributed by atoms with E-state index in [1.54, 1.807) is 0 Å². The first-order valence-electron chi connectivity index (χ1n) is 3.45. The first kappa shape index (κ1) is 5.04. The minimum atomic E-state index is -2.63.